The third kappa shape index (κ3) is 2.66. The number of piperazine rings is 1. The van der Waals surface area contributed by atoms with Crippen LogP contribution in [0, 0.1) is 11.6 Å². The fourth-order valence-electron chi connectivity index (χ4n) is 2.13. The number of nitrogens with one attached hydrogen (secondary N) is 1. The van der Waals surface area contributed by atoms with Crippen molar-refractivity contribution in [2.45, 2.75) is 19.4 Å². The standard InChI is InChI=1S/C13H12F2N2O3/c1-2-10-12(19)16-11(18)6-17(10)13(20)7-3-8(14)5-9(15)4-7/h3-5,10H,2,6H2,1H3,(H,16,18,19). The fraction of sp³-hybridized carbons (Fsp3) is 0.308. The zero-order valence-corrected chi connectivity index (χ0v) is 10.7. The third-order valence-electron chi connectivity index (χ3n) is 3.01. The minimum atomic E-state index is -0.894. The highest BCUT2D eigenvalue weighted by molar-refractivity contribution is 6.07. The molecule has 1 aliphatic rings. The summed E-state index contributed by atoms with van der Waals surface area (Å²) < 4.78 is 26.3. The summed E-state index contributed by atoms with van der Waals surface area (Å²) in [5.41, 5.74) is -0.233. The van der Waals surface area contributed by atoms with E-state index in [1.807, 2.05) is 0 Å². The predicted molar refractivity (Wildman–Crippen MR) is 64.6 cm³/mol. The lowest BCUT2D eigenvalue weighted by atomic mass is 10.1. The number of amides is 3. The first-order valence-electron chi connectivity index (χ1n) is 6.03. The van der Waals surface area contributed by atoms with Gasteiger partial charge in [0.2, 0.25) is 11.8 Å². The van der Waals surface area contributed by atoms with Crippen molar-refractivity contribution in [1.29, 1.82) is 0 Å². The molecule has 20 heavy (non-hydrogen) atoms. The summed E-state index contributed by atoms with van der Waals surface area (Å²) in [5, 5.41) is 2.12. The Morgan fingerprint density at radius 1 is 1.30 bits per heavy atom. The van der Waals surface area contributed by atoms with E-state index in [1.165, 1.54) is 0 Å². The number of hydrogen-bond donors (Lipinski definition) is 1. The Morgan fingerprint density at radius 3 is 2.45 bits per heavy atom. The van der Waals surface area contributed by atoms with Gasteiger partial charge in [-0.25, -0.2) is 8.78 Å². The summed E-state index contributed by atoms with van der Waals surface area (Å²) in [5.74, 6) is -3.75. The zero-order chi connectivity index (χ0) is 14.9. The van der Waals surface area contributed by atoms with Gasteiger partial charge in [0, 0.05) is 11.6 Å². The third-order valence-corrected chi connectivity index (χ3v) is 3.01. The maximum atomic E-state index is 13.1. The molecule has 1 aromatic carbocycles. The zero-order valence-electron chi connectivity index (χ0n) is 10.7. The molecule has 1 N–H and O–H groups in total. The van der Waals surface area contributed by atoms with Crippen molar-refractivity contribution in [2.75, 3.05) is 6.54 Å². The smallest absolute Gasteiger partial charge is 0.255 e. The van der Waals surface area contributed by atoms with Crippen LogP contribution in [0.2, 0.25) is 0 Å². The molecule has 0 radical (unpaired) electrons. The highest BCUT2D eigenvalue weighted by Gasteiger charge is 2.36. The number of halogens is 2. The number of hydrogen-bond acceptors (Lipinski definition) is 3. The molecule has 2 rings (SSSR count). The number of nitrogens with zero attached hydrogens (tertiary/aromatic N) is 1. The summed E-state index contributed by atoms with van der Waals surface area (Å²) in [4.78, 5) is 36.2. The molecule has 0 aliphatic carbocycles. The Balaban J connectivity index is 2.34. The van der Waals surface area contributed by atoms with E-state index in [0.29, 0.717) is 12.5 Å². The molecule has 1 unspecified atom stereocenters. The summed E-state index contributed by atoms with van der Waals surface area (Å²) in [7, 11) is 0. The molecule has 1 fully saturated rings. The molecule has 1 aromatic rings. The van der Waals surface area contributed by atoms with E-state index in [1.54, 1.807) is 6.92 Å². The largest absolute Gasteiger partial charge is 0.317 e. The van der Waals surface area contributed by atoms with Gasteiger partial charge in [0.1, 0.15) is 24.2 Å². The Hall–Kier alpha value is -2.31. The van der Waals surface area contributed by atoms with Crippen LogP contribution < -0.4 is 5.32 Å². The average molecular weight is 282 g/mol. The predicted octanol–water partition coefficient (Wildman–Crippen LogP) is 0.842. The van der Waals surface area contributed by atoms with Gasteiger partial charge in [-0.3, -0.25) is 19.7 Å². The molecular weight excluding hydrogens is 270 g/mol. The van der Waals surface area contributed by atoms with Crippen molar-refractivity contribution in [2.24, 2.45) is 0 Å². The monoisotopic (exact) mass is 282 g/mol. The maximum absolute atomic E-state index is 13.1. The summed E-state index contributed by atoms with van der Waals surface area (Å²) in [6, 6.07) is 1.55. The molecular formula is C13H12F2N2O3. The van der Waals surface area contributed by atoms with Crippen molar-refractivity contribution in [3.63, 3.8) is 0 Å². The molecule has 1 aliphatic heterocycles. The van der Waals surface area contributed by atoms with Crippen molar-refractivity contribution < 1.29 is 23.2 Å². The topological polar surface area (TPSA) is 66.5 Å². The molecule has 0 aromatic heterocycles. The van der Waals surface area contributed by atoms with Crippen molar-refractivity contribution in [3.8, 4) is 0 Å². The van der Waals surface area contributed by atoms with E-state index in [0.717, 1.165) is 17.0 Å². The van der Waals surface area contributed by atoms with Gasteiger partial charge in [-0.1, -0.05) is 6.92 Å². The number of carbonyl (C=O) groups is 3. The van der Waals surface area contributed by atoms with Crippen LogP contribution in [0.4, 0.5) is 8.78 Å². The number of carbonyl (C=O) groups excluding carboxylic acids is 3. The van der Waals surface area contributed by atoms with Gasteiger partial charge in [0.15, 0.2) is 0 Å². The summed E-state index contributed by atoms with van der Waals surface area (Å²) in [6.45, 7) is 1.35. The Morgan fingerprint density at radius 2 is 1.90 bits per heavy atom. The average Bonchev–Trinajstić information content (AvgIpc) is 2.35. The molecule has 5 nitrogen and oxygen atoms in total. The molecule has 0 saturated carbocycles. The fourth-order valence-corrected chi connectivity index (χ4v) is 2.13. The molecule has 1 atom stereocenters. The van der Waals surface area contributed by atoms with Gasteiger partial charge in [-0.15, -0.1) is 0 Å². The maximum Gasteiger partial charge on any atom is 0.255 e. The summed E-state index contributed by atoms with van der Waals surface area (Å²) >= 11 is 0. The number of imide groups is 1. The lowest BCUT2D eigenvalue weighted by molar-refractivity contribution is -0.138. The minimum Gasteiger partial charge on any atom is -0.317 e. The normalized spacial score (nSPS) is 18.9. The Kier molecular flexibility index (Phi) is 3.78. The lowest BCUT2D eigenvalue weighted by Crippen LogP contribution is -2.59. The second kappa shape index (κ2) is 5.36. The van der Waals surface area contributed by atoms with Gasteiger partial charge in [0.25, 0.3) is 5.91 Å². The van der Waals surface area contributed by atoms with Crippen molar-refractivity contribution >= 4 is 17.7 Å². The molecule has 1 saturated heterocycles. The van der Waals surface area contributed by atoms with Gasteiger partial charge in [-0.05, 0) is 18.6 Å². The van der Waals surface area contributed by atoms with Gasteiger partial charge in [-0.2, -0.15) is 0 Å². The minimum absolute atomic E-state index is 0.233. The van der Waals surface area contributed by atoms with E-state index in [9.17, 15) is 23.2 Å². The molecule has 3 amide bonds. The SMILES string of the molecule is CCC1C(=O)NC(=O)CN1C(=O)c1cc(F)cc(F)c1. The van der Waals surface area contributed by atoms with Gasteiger partial charge in [0.05, 0.1) is 0 Å². The first kappa shape index (κ1) is 14.1. The first-order chi connectivity index (χ1) is 9.42. The Labute approximate surface area is 113 Å². The van der Waals surface area contributed by atoms with E-state index in [2.05, 4.69) is 5.32 Å². The van der Waals surface area contributed by atoms with E-state index in [-0.39, 0.29) is 12.1 Å². The van der Waals surface area contributed by atoms with Crippen molar-refractivity contribution in [3.05, 3.63) is 35.4 Å². The van der Waals surface area contributed by atoms with Crippen LogP contribution in [0.1, 0.15) is 23.7 Å². The highest BCUT2D eigenvalue weighted by atomic mass is 19.1. The van der Waals surface area contributed by atoms with Gasteiger partial charge < -0.3 is 4.90 Å². The number of rotatable bonds is 2. The second-order valence-electron chi connectivity index (χ2n) is 4.43. The first-order valence-corrected chi connectivity index (χ1v) is 6.03. The quantitative estimate of drug-likeness (QED) is 0.817. The Bertz CT molecular complexity index is 569. The second-order valence-corrected chi connectivity index (χ2v) is 4.43. The molecule has 7 heteroatoms. The van der Waals surface area contributed by atoms with Crippen LogP contribution in [-0.4, -0.2) is 35.2 Å². The van der Waals surface area contributed by atoms with E-state index >= 15 is 0 Å². The number of benzene rings is 1. The van der Waals surface area contributed by atoms with Crippen LogP contribution in [0.25, 0.3) is 0 Å². The van der Waals surface area contributed by atoms with Crippen LogP contribution in [0.15, 0.2) is 18.2 Å². The molecule has 1 heterocycles. The molecule has 0 bridgehead atoms. The van der Waals surface area contributed by atoms with E-state index in [4.69, 9.17) is 0 Å². The molecule has 106 valence electrons. The van der Waals surface area contributed by atoms with Crippen LogP contribution >= 0.6 is 0 Å². The van der Waals surface area contributed by atoms with Crippen LogP contribution in [0.5, 0.6) is 0 Å². The highest BCUT2D eigenvalue weighted by Crippen LogP contribution is 2.16. The van der Waals surface area contributed by atoms with Gasteiger partial charge >= 0.3 is 0 Å². The molecule has 0 spiro atoms. The summed E-state index contributed by atoms with van der Waals surface area (Å²) in [6.07, 6.45) is 0.294. The van der Waals surface area contributed by atoms with Crippen molar-refractivity contribution in [1.82, 2.24) is 10.2 Å². The van der Waals surface area contributed by atoms with Crippen LogP contribution in [-0.2, 0) is 9.59 Å². The lowest BCUT2D eigenvalue weighted by Gasteiger charge is -2.33. The van der Waals surface area contributed by atoms with Crippen LogP contribution in [0.3, 0.4) is 0 Å². The van der Waals surface area contributed by atoms with E-state index < -0.39 is 35.4 Å².